The first-order chi connectivity index (χ1) is 9.68. The average molecular weight is 282 g/mol. The minimum atomic E-state index is -0.770. The fraction of sp³-hybridized carbons (Fsp3) is 0.615. The molecule has 0 atom stereocenters. The van der Waals surface area contributed by atoms with E-state index in [0.29, 0.717) is 19.5 Å². The molecule has 112 valence electrons. The molecule has 0 aromatic carbocycles. The molecule has 0 aliphatic heterocycles. The fourth-order valence-electron chi connectivity index (χ4n) is 1.72. The summed E-state index contributed by atoms with van der Waals surface area (Å²) in [5, 5.41) is 18.0. The molecule has 0 bridgehead atoms. The van der Waals surface area contributed by atoms with Crippen LogP contribution in [0.2, 0.25) is 0 Å². The maximum Gasteiger partial charge on any atom is 0.314 e. The lowest BCUT2D eigenvalue weighted by Gasteiger charge is -2.07. The summed E-state index contributed by atoms with van der Waals surface area (Å²) in [4.78, 5) is 21.7. The van der Waals surface area contributed by atoms with E-state index in [2.05, 4.69) is 15.7 Å². The largest absolute Gasteiger partial charge is 0.481 e. The predicted octanol–water partition coefficient (Wildman–Crippen LogP) is 1.22. The number of aromatic nitrogens is 2. The number of unbranched alkanes of at least 4 members (excludes halogenated alkanes) is 2. The lowest BCUT2D eigenvalue weighted by molar-refractivity contribution is -0.137. The van der Waals surface area contributed by atoms with Crippen molar-refractivity contribution in [2.24, 2.45) is 0 Å². The maximum absolute atomic E-state index is 11.4. The van der Waals surface area contributed by atoms with E-state index in [4.69, 9.17) is 5.11 Å². The highest BCUT2D eigenvalue weighted by molar-refractivity contribution is 5.73. The number of amides is 2. The zero-order chi connectivity index (χ0) is 14.6. The van der Waals surface area contributed by atoms with E-state index in [9.17, 15) is 9.59 Å². The molecular weight excluding hydrogens is 260 g/mol. The quantitative estimate of drug-likeness (QED) is 0.562. The van der Waals surface area contributed by atoms with Gasteiger partial charge in [-0.2, -0.15) is 5.10 Å². The van der Waals surface area contributed by atoms with Crippen molar-refractivity contribution in [3.63, 3.8) is 0 Å². The van der Waals surface area contributed by atoms with Gasteiger partial charge in [-0.15, -0.1) is 0 Å². The molecule has 3 N–H and O–H groups in total. The Balaban J connectivity index is 1.89. The van der Waals surface area contributed by atoms with E-state index in [1.165, 1.54) is 0 Å². The van der Waals surface area contributed by atoms with E-state index >= 15 is 0 Å². The summed E-state index contributed by atoms with van der Waals surface area (Å²) < 4.78 is 1.82. The highest BCUT2D eigenvalue weighted by atomic mass is 16.4. The number of hydrogen-bond donors (Lipinski definition) is 3. The topological polar surface area (TPSA) is 96.3 Å². The Labute approximate surface area is 118 Å². The van der Waals surface area contributed by atoms with Crippen molar-refractivity contribution < 1.29 is 14.7 Å². The Morgan fingerprint density at radius 3 is 2.50 bits per heavy atom. The summed E-state index contributed by atoms with van der Waals surface area (Å²) in [6.07, 6.45) is 6.90. The number of carbonyl (C=O) groups excluding carboxylic acids is 1. The molecule has 0 aliphatic rings. The average Bonchev–Trinajstić information content (AvgIpc) is 2.91. The first-order valence-corrected chi connectivity index (χ1v) is 6.89. The monoisotopic (exact) mass is 282 g/mol. The van der Waals surface area contributed by atoms with Crippen LogP contribution >= 0.6 is 0 Å². The van der Waals surface area contributed by atoms with Gasteiger partial charge in [-0.05, 0) is 25.3 Å². The maximum atomic E-state index is 11.4. The van der Waals surface area contributed by atoms with Crippen molar-refractivity contribution in [3.05, 3.63) is 18.5 Å². The predicted molar refractivity (Wildman–Crippen MR) is 74.3 cm³/mol. The second kappa shape index (κ2) is 9.82. The molecule has 2 amide bonds. The van der Waals surface area contributed by atoms with Crippen LogP contribution in [-0.4, -0.2) is 40.0 Å². The van der Waals surface area contributed by atoms with E-state index in [0.717, 1.165) is 25.8 Å². The van der Waals surface area contributed by atoms with Crippen molar-refractivity contribution >= 4 is 12.0 Å². The number of aliphatic carboxylic acids is 1. The smallest absolute Gasteiger partial charge is 0.314 e. The summed E-state index contributed by atoms with van der Waals surface area (Å²) in [6, 6.07) is 1.69. The third kappa shape index (κ3) is 8.12. The van der Waals surface area contributed by atoms with Crippen molar-refractivity contribution in [1.82, 2.24) is 20.4 Å². The summed E-state index contributed by atoms with van der Waals surface area (Å²) in [5.41, 5.74) is 0. The van der Waals surface area contributed by atoms with E-state index in [1.54, 1.807) is 6.20 Å². The van der Waals surface area contributed by atoms with Gasteiger partial charge in [0.05, 0.1) is 0 Å². The number of nitrogens with zero attached hydrogens (tertiary/aromatic N) is 2. The molecule has 0 aliphatic carbocycles. The number of carboxylic acids is 1. The van der Waals surface area contributed by atoms with Gasteiger partial charge in [0.1, 0.15) is 0 Å². The Kier molecular flexibility index (Phi) is 7.86. The van der Waals surface area contributed by atoms with E-state index in [-0.39, 0.29) is 12.5 Å². The molecule has 0 radical (unpaired) electrons. The van der Waals surface area contributed by atoms with Gasteiger partial charge < -0.3 is 15.7 Å². The van der Waals surface area contributed by atoms with Crippen LogP contribution in [0.4, 0.5) is 4.79 Å². The van der Waals surface area contributed by atoms with Gasteiger partial charge in [0.2, 0.25) is 0 Å². The van der Waals surface area contributed by atoms with Crippen molar-refractivity contribution in [3.8, 4) is 0 Å². The molecule has 0 unspecified atom stereocenters. The van der Waals surface area contributed by atoms with Gasteiger partial charge in [0.25, 0.3) is 0 Å². The lowest BCUT2D eigenvalue weighted by Crippen LogP contribution is -2.36. The van der Waals surface area contributed by atoms with Gasteiger partial charge in [0.15, 0.2) is 0 Å². The molecule has 0 saturated heterocycles. The summed E-state index contributed by atoms with van der Waals surface area (Å²) in [7, 11) is 0. The molecule has 7 heteroatoms. The molecule has 20 heavy (non-hydrogen) atoms. The number of hydrogen-bond acceptors (Lipinski definition) is 3. The first kappa shape index (κ1) is 16.0. The third-order valence-electron chi connectivity index (χ3n) is 2.76. The number of carbonyl (C=O) groups is 2. The summed E-state index contributed by atoms with van der Waals surface area (Å²) in [6.45, 7) is 1.96. The fourth-order valence-corrected chi connectivity index (χ4v) is 1.72. The van der Waals surface area contributed by atoms with Crippen LogP contribution in [0.25, 0.3) is 0 Å². The van der Waals surface area contributed by atoms with Gasteiger partial charge in [-0.25, -0.2) is 4.79 Å². The zero-order valence-electron chi connectivity index (χ0n) is 11.5. The first-order valence-electron chi connectivity index (χ1n) is 6.89. The number of carboxylic acid groups (broad SMARTS) is 1. The molecule has 7 nitrogen and oxygen atoms in total. The van der Waals surface area contributed by atoms with Gasteiger partial charge >= 0.3 is 12.0 Å². The van der Waals surface area contributed by atoms with Crippen LogP contribution in [0.5, 0.6) is 0 Å². The van der Waals surface area contributed by atoms with Crippen molar-refractivity contribution in [2.45, 2.75) is 38.6 Å². The molecule has 1 aromatic heterocycles. The van der Waals surface area contributed by atoms with Crippen molar-refractivity contribution in [2.75, 3.05) is 13.1 Å². The van der Waals surface area contributed by atoms with Crippen LogP contribution in [0.15, 0.2) is 18.5 Å². The Bertz CT molecular complexity index is 392. The normalized spacial score (nSPS) is 10.2. The molecule has 0 saturated carbocycles. The van der Waals surface area contributed by atoms with E-state index < -0.39 is 5.97 Å². The third-order valence-corrected chi connectivity index (χ3v) is 2.76. The highest BCUT2D eigenvalue weighted by Crippen LogP contribution is 1.98. The minimum absolute atomic E-state index is 0.177. The van der Waals surface area contributed by atoms with Crippen LogP contribution in [0, 0.1) is 0 Å². The zero-order valence-corrected chi connectivity index (χ0v) is 11.5. The summed E-state index contributed by atoms with van der Waals surface area (Å²) >= 11 is 0. The van der Waals surface area contributed by atoms with Gasteiger partial charge in [-0.3, -0.25) is 9.48 Å². The Morgan fingerprint density at radius 1 is 1.10 bits per heavy atom. The summed E-state index contributed by atoms with van der Waals surface area (Å²) in [5.74, 6) is -0.770. The van der Waals surface area contributed by atoms with Crippen molar-refractivity contribution in [1.29, 1.82) is 0 Å². The van der Waals surface area contributed by atoms with Gasteiger partial charge in [0, 0.05) is 38.4 Å². The van der Waals surface area contributed by atoms with E-state index in [1.807, 2.05) is 16.9 Å². The number of rotatable bonds is 10. The molecule has 0 spiro atoms. The molecule has 1 rings (SSSR count). The van der Waals surface area contributed by atoms with Crippen LogP contribution < -0.4 is 10.6 Å². The second-order valence-corrected chi connectivity index (χ2v) is 4.51. The standard InChI is InChI=1S/C13H22N4O3/c18-12(19)6-2-1-3-7-14-13(20)15-8-4-10-17-11-5-9-16-17/h5,9,11H,1-4,6-8,10H2,(H,18,19)(H2,14,15,20). The Hall–Kier alpha value is -2.05. The van der Waals surface area contributed by atoms with Crippen LogP contribution in [0.3, 0.4) is 0 Å². The SMILES string of the molecule is O=C(O)CCCCCNC(=O)NCCCn1cccn1. The number of nitrogens with one attached hydrogen (secondary N) is 2. The number of aryl methyl sites for hydroxylation is 1. The molecular formula is C13H22N4O3. The molecule has 0 fully saturated rings. The Morgan fingerprint density at radius 2 is 1.85 bits per heavy atom. The lowest BCUT2D eigenvalue weighted by atomic mass is 10.2. The highest BCUT2D eigenvalue weighted by Gasteiger charge is 2.00. The van der Waals surface area contributed by atoms with Gasteiger partial charge in [-0.1, -0.05) is 6.42 Å². The molecule has 1 heterocycles. The van der Waals surface area contributed by atoms with Crippen LogP contribution in [-0.2, 0) is 11.3 Å². The second-order valence-electron chi connectivity index (χ2n) is 4.51. The minimum Gasteiger partial charge on any atom is -0.481 e. The number of urea groups is 1. The molecule has 1 aromatic rings. The van der Waals surface area contributed by atoms with Crippen LogP contribution in [0.1, 0.15) is 32.1 Å².